The molecule has 1 heterocycles. The lowest BCUT2D eigenvalue weighted by atomic mass is 10.1. The molecule has 4 nitrogen and oxygen atoms in total. The average Bonchev–Trinajstić information content (AvgIpc) is 3.12. The molecule has 1 rings (SSSR count). The van der Waals surface area contributed by atoms with Gasteiger partial charge in [-0.05, 0) is 13.3 Å². The van der Waals surface area contributed by atoms with Crippen molar-refractivity contribution in [2.75, 3.05) is 18.9 Å². The van der Waals surface area contributed by atoms with Gasteiger partial charge in [0, 0.05) is 6.54 Å². The maximum atomic E-state index is 11.8. The molecular weight excluding hydrogens is 238 g/mol. The summed E-state index contributed by atoms with van der Waals surface area (Å²) in [6.45, 7) is 5.06. The van der Waals surface area contributed by atoms with Crippen LogP contribution in [-0.2, 0) is 14.8 Å². The minimum Gasteiger partial charge on any atom is -0.356 e. The van der Waals surface area contributed by atoms with Gasteiger partial charge in [0.2, 0.25) is 10.0 Å². The zero-order chi connectivity index (χ0) is 12.7. The summed E-state index contributed by atoms with van der Waals surface area (Å²) < 4.78 is 30.2. The van der Waals surface area contributed by atoms with Gasteiger partial charge in [-0.1, -0.05) is 39.0 Å². The van der Waals surface area contributed by atoms with Crippen molar-refractivity contribution in [2.24, 2.45) is 0 Å². The van der Waals surface area contributed by atoms with E-state index in [1.165, 1.54) is 30.0 Å². The third-order valence-corrected chi connectivity index (χ3v) is 4.95. The predicted molar refractivity (Wildman–Crippen MR) is 69.3 cm³/mol. The molecule has 0 N–H and O–H groups in total. The Morgan fingerprint density at radius 1 is 1.12 bits per heavy atom. The normalized spacial score (nSPS) is 19.8. The highest BCUT2D eigenvalue weighted by atomic mass is 32.2. The monoisotopic (exact) mass is 263 g/mol. The first-order valence-electron chi connectivity index (χ1n) is 6.73. The maximum absolute atomic E-state index is 11.8. The third kappa shape index (κ3) is 5.36. The second-order valence-corrected chi connectivity index (χ2v) is 6.78. The molecule has 1 unspecified atom stereocenters. The molecule has 1 aliphatic heterocycles. The molecule has 102 valence electrons. The first kappa shape index (κ1) is 14.9. The summed E-state index contributed by atoms with van der Waals surface area (Å²) in [5.41, 5.74) is 0. The molecule has 0 radical (unpaired) electrons. The summed E-state index contributed by atoms with van der Waals surface area (Å²) in [5, 5.41) is 0. The van der Waals surface area contributed by atoms with Crippen LogP contribution in [0.4, 0.5) is 0 Å². The first-order chi connectivity index (χ1) is 8.11. The molecule has 0 aliphatic carbocycles. The van der Waals surface area contributed by atoms with E-state index >= 15 is 0 Å². The molecule has 0 saturated carbocycles. The lowest BCUT2D eigenvalue weighted by Crippen LogP contribution is -2.35. The van der Waals surface area contributed by atoms with E-state index in [9.17, 15) is 8.42 Å². The highest BCUT2D eigenvalue weighted by Crippen LogP contribution is 2.20. The maximum Gasteiger partial charge on any atom is 0.216 e. The Morgan fingerprint density at radius 3 is 2.24 bits per heavy atom. The zero-order valence-corrected chi connectivity index (χ0v) is 11.8. The second-order valence-electron chi connectivity index (χ2n) is 4.57. The molecule has 0 spiro atoms. The smallest absolute Gasteiger partial charge is 0.216 e. The van der Waals surface area contributed by atoms with Crippen LogP contribution < -0.4 is 0 Å². The van der Waals surface area contributed by atoms with Gasteiger partial charge >= 0.3 is 0 Å². The van der Waals surface area contributed by atoms with Crippen molar-refractivity contribution in [3.63, 3.8) is 0 Å². The van der Waals surface area contributed by atoms with E-state index in [1.54, 1.807) is 6.92 Å². The van der Waals surface area contributed by atoms with E-state index in [-0.39, 0.29) is 12.0 Å². The van der Waals surface area contributed by atoms with E-state index < -0.39 is 10.0 Å². The van der Waals surface area contributed by atoms with Crippen LogP contribution in [0.3, 0.4) is 0 Å². The van der Waals surface area contributed by atoms with Crippen LogP contribution in [0.1, 0.15) is 52.4 Å². The molecule has 0 aromatic heterocycles. The fraction of sp³-hybridized carbons (Fsp3) is 1.00. The van der Waals surface area contributed by atoms with Crippen molar-refractivity contribution in [3.05, 3.63) is 0 Å². The van der Waals surface area contributed by atoms with E-state index in [0.29, 0.717) is 13.2 Å². The highest BCUT2D eigenvalue weighted by Gasteiger charge is 2.37. The Morgan fingerprint density at radius 2 is 1.71 bits per heavy atom. The Kier molecular flexibility index (Phi) is 6.44. The van der Waals surface area contributed by atoms with E-state index in [4.69, 9.17) is 4.74 Å². The van der Waals surface area contributed by atoms with Gasteiger partial charge in [0.15, 0.2) is 0 Å². The lowest BCUT2D eigenvalue weighted by Gasteiger charge is -2.18. The van der Waals surface area contributed by atoms with Gasteiger partial charge in [0.1, 0.15) is 6.23 Å². The number of hydrogen-bond donors (Lipinski definition) is 0. The predicted octanol–water partition coefficient (Wildman–Crippen LogP) is 2.35. The van der Waals surface area contributed by atoms with Crippen LogP contribution in [0.25, 0.3) is 0 Å². The van der Waals surface area contributed by atoms with E-state index in [0.717, 1.165) is 12.8 Å². The Balaban J connectivity index is 2.22. The first-order valence-corrected chi connectivity index (χ1v) is 8.34. The van der Waals surface area contributed by atoms with Crippen LogP contribution in [0.5, 0.6) is 0 Å². The average molecular weight is 263 g/mol. The minimum atomic E-state index is -3.09. The van der Waals surface area contributed by atoms with Crippen LogP contribution in [-0.4, -0.2) is 37.9 Å². The largest absolute Gasteiger partial charge is 0.356 e. The van der Waals surface area contributed by atoms with Crippen molar-refractivity contribution in [1.29, 1.82) is 0 Å². The zero-order valence-electron chi connectivity index (χ0n) is 11.0. The molecule has 0 aromatic rings. The number of rotatable bonds is 10. The third-order valence-electron chi connectivity index (χ3n) is 3.09. The van der Waals surface area contributed by atoms with Crippen molar-refractivity contribution in [3.8, 4) is 0 Å². The number of unbranched alkanes of at least 4 members (excludes halogenated alkanes) is 5. The Labute approximate surface area is 105 Å². The van der Waals surface area contributed by atoms with Crippen LogP contribution in [0, 0.1) is 0 Å². The molecule has 0 amide bonds. The molecule has 1 atom stereocenters. The molecule has 0 aromatic carbocycles. The fourth-order valence-electron chi connectivity index (χ4n) is 1.89. The van der Waals surface area contributed by atoms with Gasteiger partial charge in [-0.3, -0.25) is 0 Å². The van der Waals surface area contributed by atoms with Crippen molar-refractivity contribution in [2.45, 2.75) is 58.6 Å². The quantitative estimate of drug-likeness (QED) is 0.449. The molecular formula is C12H25NO3S. The fourth-order valence-corrected chi connectivity index (χ4v) is 3.10. The standard InChI is InChI=1S/C12H25NO3S/c1-3-5-6-7-8-9-10-13(12-11-16-12)17(14,15)4-2/h12H,3-11H2,1-2H3. The summed E-state index contributed by atoms with van der Waals surface area (Å²) in [5.74, 6) is 0.169. The molecule has 1 aliphatic rings. The van der Waals surface area contributed by atoms with E-state index in [1.807, 2.05) is 0 Å². The number of ether oxygens (including phenoxy) is 1. The number of nitrogens with zero attached hydrogens (tertiary/aromatic N) is 1. The summed E-state index contributed by atoms with van der Waals surface area (Å²) >= 11 is 0. The van der Waals surface area contributed by atoms with Crippen LogP contribution >= 0.6 is 0 Å². The molecule has 1 saturated heterocycles. The van der Waals surface area contributed by atoms with Gasteiger partial charge in [0.25, 0.3) is 0 Å². The molecule has 17 heavy (non-hydrogen) atoms. The number of epoxide rings is 1. The topological polar surface area (TPSA) is 49.9 Å². The van der Waals surface area contributed by atoms with Crippen molar-refractivity contribution in [1.82, 2.24) is 4.31 Å². The SMILES string of the molecule is CCCCCCCCN(C1CO1)S(=O)(=O)CC. The lowest BCUT2D eigenvalue weighted by molar-refractivity contribution is 0.265. The van der Waals surface area contributed by atoms with E-state index in [2.05, 4.69) is 6.92 Å². The minimum absolute atomic E-state index is 0.169. The van der Waals surface area contributed by atoms with Gasteiger partial charge < -0.3 is 4.74 Å². The van der Waals surface area contributed by atoms with Crippen LogP contribution in [0.15, 0.2) is 0 Å². The Hall–Kier alpha value is -0.130. The summed E-state index contributed by atoms with van der Waals surface area (Å²) in [6, 6.07) is 0. The summed E-state index contributed by atoms with van der Waals surface area (Å²) in [4.78, 5) is 0. The van der Waals surface area contributed by atoms with Crippen molar-refractivity contribution >= 4 is 10.0 Å². The van der Waals surface area contributed by atoms with Gasteiger partial charge in [-0.2, -0.15) is 4.31 Å². The Bertz CT molecular complexity index is 299. The van der Waals surface area contributed by atoms with Gasteiger partial charge in [-0.15, -0.1) is 0 Å². The van der Waals surface area contributed by atoms with Gasteiger partial charge in [-0.25, -0.2) is 8.42 Å². The number of hydrogen-bond acceptors (Lipinski definition) is 3. The number of sulfonamides is 1. The molecule has 1 fully saturated rings. The highest BCUT2D eigenvalue weighted by molar-refractivity contribution is 7.89. The molecule has 0 bridgehead atoms. The van der Waals surface area contributed by atoms with Crippen molar-refractivity contribution < 1.29 is 13.2 Å². The van der Waals surface area contributed by atoms with Crippen LogP contribution in [0.2, 0.25) is 0 Å². The summed E-state index contributed by atoms with van der Waals surface area (Å²) in [7, 11) is -3.09. The summed E-state index contributed by atoms with van der Waals surface area (Å²) in [6.07, 6.45) is 6.88. The molecule has 5 heteroatoms. The van der Waals surface area contributed by atoms with Gasteiger partial charge in [0.05, 0.1) is 12.4 Å². The second kappa shape index (κ2) is 7.34.